The number of nitrogens with zero attached hydrogens (tertiary/aromatic N) is 1. The Hall–Kier alpha value is -3.07. The van der Waals surface area contributed by atoms with Crippen LogP contribution in [0.1, 0.15) is 31.2 Å². The Morgan fingerprint density at radius 1 is 1.31 bits per heavy atom. The van der Waals surface area contributed by atoms with Crippen molar-refractivity contribution in [3.8, 4) is 11.5 Å². The summed E-state index contributed by atoms with van der Waals surface area (Å²) in [4.78, 5) is 49.1. The van der Waals surface area contributed by atoms with Crippen LogP contribution in [0.5, 0.6) is 11.5 Å². The molecule has 9 nitrogen and oxygen atoms in total. The molecule has 0 radical (unpaired) electrons. The third-order valence-corrected chi connectivity index (χ3v) is 5.01. The number of nitrogens with one attached hydrogen (secondary N) is 1. The molecule has 0 spiro atoms. The standard InChI is InChI=1S/C19H19ClN2O7/c1-28-14-8-10(7-13(20)16(14)29-9-15(23)24)6-12-17(25)21-19(27)22(18(12)26)11-4-2-3-5-11/h6-8,11H,2-5,9H2,1H3,(H,23,24)(H,21,25,27)/b12-6+. The monoisotopic (exact) mass is 422 g/mol. The van der Waals surface area contributed by atoms with E-state index >= 15 is 0 Å². The number of carbonyl (C=O) groups is 4. The highest BCUT2D eigenvalue weighted by Gasteiger charge is 2.40. The number of benzene rings is 1. The van der Waals surface area contributed by atoms with Crippen molar-refractivity contribution in [2.45, 2.75) is 31.7 Å². The molecule has 0 bridgehead atoms. The maximum Gasteiger partial charge on any atom is 0.341 e. The summed E-state index contributed by atoms with van der Waals surface area (Å²) in [5.74, 6) is -2.48. The molecule has 2 N–H and O–H groups in total. The number of hydrogen-bond acceptors (Lipinski definition) is 6. The fourth-order valence-electron chi connectivity index (χ4n) is 3.43. The SMILES string of the molecule is COc1cc(/C=C2\C(=O)NC(=O)N(C3CCCC3)C2=O)cc(Cl)c1OCC(=O)O. The van der Waals surface area contributed by atoms with Gasteiger partial charge in [-0.05, 0) is 36.6 Å². The Labute approximate surface area is 171 Å². The number of rotatable bonds is 6. The van der Waals surface area contributed by atoms with Gasteiger partial charge >= 0.3 is 12.0 Å². The lowest BCUT2D eigenvalue weighted by Crippen LogP contribution is -2.57. The van der Waals surface area contributed by atoms with Crippen LogP contribution in [0.3, 0.4) is 0 Å². The fraction of sp³-hybridized carbons (Fsp3) is 0.368. The van der Waals surface area contributed by atoms with Gasteiger partial charge in [0.2, 0.25) is 0 Å². The molecule has 1 aromatic carbocycles. The summed E-state index contributed by atoms with van der Waals surface area (Å²) in [6.07, 6.45) is 4.55. The zero-order chi connectivity index (χ0) is 21.1. The minimum Gasteiger partial charge on any atom is -0.493 e. The van der Waals surface area contributed by atoms with Crippen molar-refractivity contribution in [1.29, 1.82) is 0 Å². The van der Waals surface area contributed by atoms with Gasteiger partial charge in [-0.3, -0.25) is 19.8 Å². The van der Waals surface area contributed by atoms with E-state index in [0.29, 0.717) is 18.4 Å². The predicted octanol–water partition coefficient (Wildman–Crippen LogP) is 2.22. The fourth-order valence-corrected chi connectivity index (χ4v) is 3.70. The number of halogens is 1. The third kappa shape index (κ3) is 4.34. The van der Waals surface area contributed by atoms with Crippen LogP contribution in [-0.4, -0.2) is 53.6 Å². The van der Waals surface area contributed by atoms with E-state index in [1.165, 1.54) is 25.3 Å². The quantitative estimate of drug-likeness (QED) is 0.532. The number of carboxylic acids is 1. The van der Waals surface area contributed by atoms with E-state index in [0.717, 1.165) is 17.7 Å². The summed E-state index contributed by atoms with van der Waals surface area (Å²) in [5, 5.41) is 11.0. The van der Waals surface area contributed by atoms with Crippen molar-refractivity contribution in [3.63, 3.8) is 0 Å². The first-order chi connectivity index (χ1) is 13.8. The minimum absolute atomic E-state index is 0.0286. The molecule has 0 atom stereocenters. The first kappa shape index (κ1) is 20.7. The Balaban J connectivity index is 1.94. The van der Waals surface area contributed by atoms with Gasteiger partial charge < -0.3 is 14.6 Å². The van der Waals surface area contributed by atoms with Gasteiger partial charge in [0.1, 0.15) is 5.57 Å². The molecule has 1 aliphatic heterocycles. The van der Waals surface area contributed by atoms with Crippen molar-refractivity contribution in [2.24, 2.45) is 0 Å². The smallest absolute Gasteiger partial charge is 0.341 e. The number of barbiturate groups is 1. The molecule has 2 fully saturated rings. The van der Waals surface area contributed by atoms with Crippen LogP contribution in [0.2, 0.25) is 5.02 Å². The van der Waals surface area contributed by atoms with E-state index in [1.807, 2.05) is 0 Å². The summed E-state index contributed by atoms with van der Waals surface area (Å²) in [6, 6.07) is 1.92. The van der Waals surface area contributed by atoms with E-state index in [1.54, 1.807) is 0 Å². The minimum atomic E-state index is -1.18. The Morgan fingerprint density at radius 2 is 2.00 bits per heavy atom. The second-order valence-electron chi connectivity index (χ2n) is 6.65. The molecule has 0 unspecified atom stereocenters. The molecule has 154 valence electrons. The second-order valence-corrected chi connectivity index (χ2v) is 7.05. The average molecular weight is 423 g/mol. The van der Waals surface area contributed by atoms with Crippen molar-refractivity contribution < 1.29 is 33.8 Å². The second kappa shape index (κ2) is 8.52. The van der Waals surface area contributed by atoms with E-state index in [2.05, 4.69) is 5.32 Å². The highest BCUT2D eigenvalue weighted by molar-refractivity contribution is 6.33. The lowest BCUT2D eigenvalue weighted by molar-refractivity contribution is -0.139. The van der Waals surface area contributed by atoms with Crippen LogP contribution in [-0.2, 0) is 14.4 Å². The molecule has 0 aromatic heterocycles. The van der Waals surface area contributed by atoms with Crippen molar-refractivity contribution in [3.05, 3.63) is 28.3 Å². The van der Waals surface area contributed by atoms with Gasteiger partial charge in [-0.25, -0.2) is 9.59 Å². The van der Waals surface area contributed by atoms with E-state index in [-0.39, 0.29) is 28.1 Å². The van der Waals surface area contributed by atoms with Gasteiger partial charge in [0.25, 0.3) is 11.8 Å². The number of ether oxygens (including phenoxy) is 2. The summed E-state index contributed by atoms with van der Waals surface area (Å²) in [5.41, 5.74) is 0.155. The van der Waals surface area contributed by atoms with Crippen LogP contribution in [0.4, 0.5) is 4.79 Å². The van der Waals surface area contributed by atoms with Gasteiger partial charge in [0.15, 0.2) is 18.1 Å². The molecule has 1 aliphatic carbocycles. The van der Waals surface area contributed by atoms with Gasteiger partial charge in [0.05, 0.1) is 12.1 Å². The summed E-state index contributed by atoms with van der Waals surface area (Å²) in [6.45, 7) is -0.615. The van der Waals surface area contributed by atoms with E-state index in [9.17, 15) is 19.2 Å². The molecular weight excluding hydrogens is 404 g/mol. The normalized spacial score (nSPS) is 18.9. The van der Waals surface area contributed by atoms with Gasteiger partial charge in [0, 0.05) is 6.04 Å². The van der Waals surface area contributed by atoms with Crippen molar-refractivity contribution >= 4 is 41.5 Å². The van der Waals surface area contributed by atoms with E-state index in [4.69, 9.17) is 26.2 Å². The number of carbonyl (C=O) groups excluding carboxylic acids is 3. The number of imide groups is 2. The molecule has 29 heavy (non-hydrogen) atoms. The number of amides is 4. The highest BCUT2D eigenvalue weighted by Crippen LogP contribution is 2.37. The van der Waals surface area contributed by atoms with Gasteiger partial charge in [-0.2, -0.15) is 0 Å². The largest absolute Gasteiger partial charge is 0.493 e. The highest BCUT2D eigenvalue weighted by atomic mass is 35.5. The lowest BCUT2D eigenvalue weighted by atomic mass is 10.0. The number of urea groups is 1. The molecule has 4 amide bonds. The third-order valence-electron chi connectivity index (χ3n) is 4.73. The maximum absolute atomic E-state index is 12.8. The molecule has 1 aromatic rings. The van der Waals surface area contributed by atoms with Crippen LogP contribution in [0, 0.1) is 0 Å². The number of aliphatic carboxylic acids is 1. The van der Waals surface area contributed by atoms with Gasteiger partial charge in [-0.1, -0.05) is 24.4 Å². The van der Waals surface area contributed by atoms with Gasteiger partial charge in [-0.15, -0.1) is 0 Å². The zero-order valence-electron chi connectivity index (χ0n) is 15.6. The maximum atomic E-state index is 12.8. The van der Waals surface area contributed by atoms with Crippen LogP contribution in [0.15, 0.2) is 17.7 Å². The molecule has 2 aliphatic rings. The Morgan fingerprint density at radius 3 is 2.62 bits per heavy atom. The molecule has 1 saturated heterocycles. The zero-order valence-corrected chi connectivity index (χ0v) is 16.3. The van der Waals surface area contributed by atoms with Crippen LogP contribution in [0.25, 0.3) is 6.08 Å². The van der Waals surface area contributed by atoms with Crippen LogP contribution >= 0.6 is 11.6 Å². The van der Waals surface area contributed by atoms with Crippen molar-refractivity contribution in [1.82, 2.24) is 10.2 Å². The number of methoxy groups -OCH3 is 1. The lowest BCUT2D eigenvalue weighted by Gasteiger charge is -2.31. The molecule has 10 heteroatoms. The summed E-state index contributed by atoms with van der Waals surface area (Å²) >= 11 is 6.17. The molecule has 3 rings (SSSR count). The summed E-state index contributed by atoms with van der Waals surface area (Å²) in [7, 11) is 1.34. The summed E-state index contributed by atoms with van der Waals surface area (Å²) < 4.78 is 10.3. The predicted molar refractivity (Wildman–Crippen MR) is 102 cm³/mol. The first-order valence-electron chi connectivity index (χ1n) is 8.94. The van der Waals surface area contributed by atoms with Crippen LogP contribution < -0.4 is 14.8 Å². The molecular formula is C19H19ClN2O7. The number of hydrogen-bond donors (Lipinski definition) is 2. The van der Waals surface area contributed by atoms with E-state index < -0.39 is 30.4 Å². The molecule has 1 saturated carbocycles. The Bertz CT molecular complexity index is 906. The Kier molecular flexibility index (Phi) is 6.07. The average Bonchev–Trinajstić information content (AvgIpc) is 3.17. The number of carboxylic acid groups (broad SMARTS) is 1. The first-order valence-corrected chi connectivity index (χ1v) is 9.32. The van der Waals surface area contributed by atoms with Crippen molar-refractivity contribution in [2.75, 3.05) is 13.7 Å². The molecule has 1 heterocycles. The topological polar surface area (TPSA) is 122 Å².